The summed E-state index contributed by atoms with van der Waals surface area (Å²) in [7, 11) is 0. The number of para-hydroxylation sites is 2. The minimum atomic E-state index is 0.557. The Kier molecular flexibility index (Phi) is 7.57. The molecule has 11 aromatic rings. The number of furan rings is 1. The van der Waals surface area contributed by atoms with Crippen LogP contribution in [0.2, 0.25) is 0 Å². The normalized spacial score (nSPS) is 11.6. The highest BCUT2D eigenvalue weighted by molar-refractivity contribution is 7.26. The van der Waals surface area contributed by atoms with Crippen molar-refractivity contribution in [2.24, 2.45) is 0 Å². The van der Waals surface area contributed by atoms with Gasteiger partial charge < -0.3 is 4.42 Å². The summed E-state index contributed by atoms with van der Waals surface area (Å²) < 4.78 is 8.70. The van der Waals surface area contributed by atoms with Crippen LogP contribution in [0.5, 0.6) is 0 Å². The number of fused-ring (bicyclic) bond motifs is 6. The van der Waals surface area contributed by atoms with Gasteiger partial charge in [0.1, 0.15) is 11.2 Å². The van der Waals surface area contributed by atoms with Crippen LogP contribution in [-0.2, 0) is 0 Å². The molecule has 56 heavy (non-hydrogen) atoms. The third-order valence-corrected chi connectivity index (χ3v) is 11.3. The maximum atomic E-state index is 6.42. The smallest absolute Gasteiger partial charge is 0.167 e. The van der Waals surface area contributed by atoms with Crippen molar-refractivity contribution in [3.63, 3.8) is 0 Å². The summed E-state index contributed by atoms with van der Waals surface area (Å²) in [5, 5.41) is 4.34. The summed E-state index contributed by atoms with van der Waals surface area (Å²) in [4.78, 5) is 25.6. The summed E-state index contributed by atoms with van der Waals surface area (Å²) >= 11 is 1.74. The van der Waals surface area contributed by atoms with Crippen molar-refractivity contribution in [3.05, 3.63) is 176 Å². The summed E-state index contributed by atoms with van der Waals surface area (Å²) in [6.07, 6.45) is 0. The van der Waals surface area contributed by atoms with E-state index in [9.17, 15) is 0 Å². The lowest BCUT2D eigenvalue weighted by Crippen LogP contribution is -2.00. The first-order valence-electron chi connectivity index (χ1n) is 18.4. The van der Waals surface area contributed by atoms with Crippen LogP contribution in [0.3, 0.4) is 0 Å². The molecule has 0 radical (unpaired) electrons. The summed E-state index contributed by atoms with van der Waals surface area (Å²) in [6, 6.07) is 59.8. The number of hydrogen-bond donors (Lipinski definition) is 0. The molecular formula is C49H29N5OS. The minimum Gasteiger partial charge on any atom is -0.455 e. The van der Waals surface area contributed by atoms with Crippen LogP contribution in [0, 0.1) is 0 Å². The highest BCUT2D eigenvalue weighted by Crippen LogP contribution is 2.42. The van der Waals surface area contributed by atoms with E-state index in [1.165, 1.54) is 0 Å². The molecule has 0 saturated heterocycles. The lowest BCUT2D eigenvalue weighted by atomic mass is 10.0. The number of nitrogens with zero attached hydrogens (tertiary/aromatic N) is 5. The number of benzene rings is 7. The molecule has 0 amide bonds. The molecular weight excluding hydrogens is 707 g/mol. The van der Waals surface area contributed by atoms with Gasteiger partial charge in [-0.1, -0.05) is 146 Å². The number of hydrogen-bond acceptors (Lipinski definition) is 7. The maximum absolute atomic E-state index is 6.42. The van der Waals surface area contributed by atoms with E-state index in [0.717, 1.165) is 86.9 Å². The zero-order valence-electron chi connectivity index (χ0n) is 29.8. The van der Waals surface area contributed by atoms with Crippen LogP contribution in [0.4, 0.5) is 0 Å². The van der Waals surface area contributed by atoms with Crippen molar-refractivity contribution in [2.75, 3.05) is 0 Å². The van der Waals surface area contributed by atoms with Gasteiger partial charge in [0.15, 0.2) is 23.3 Å². The molecule has 0 spiro atoms. The highest BCUT2D eigenvalue weighted by atomic mass is 32.1. The molecule has 0 saturated carbocycles. The van der Waals surface area contributed by atoms with Crippen molar-refractivity contribution >= 4 is 53.4 Å². The van der Waals surface area contributed by atoms with Crippen LogP contribution < -0.4 is 0 Å². The Labute approximate surface area is 325 Å². The molecule has 0 aliphatic heterocycles. The van der Waals surface area contributed by atoms with Crippen LogP contribution in [0.1, 0.15) is 0 Å². The van der Waals surface area contributed by atoms with Crippen molar-refractivity contribution in [2.45, 2.75) is 0 Å². The van der Waals surface area contributed by atoms with Crippen molar-refractivity contribution in [3.8, 4) is 68.1 Å². The minimum absolute atomic E-state index is 0.557. The third-order valence-electron chi connectivity index (χ3n) is 10.2. The van der Waals surface area contributed by atoms with Gasteiger partial charge in [0.2, 0.25) is 0 Å². The van der Waals surface area contributed by atoms with E-state index in [1.54, 1.807) is 11.3 Å². The molecule has 0 atom stereocenters. The Balaban J connectivity index is 1.08. The standard InChI is InChI=1S/C49H29N5OS/c1-4-14-30(15-5-1)39-29-40(31-16-6-2-7-17-31)51-48(50-39)37-22-13-25-42-44(37)36-27-26-33(28-43(36)56-42)47-52-46(32-18-8-3-9-19-32)53-49(54-47)38-23-12-21-35-34-20-10-11-24-41(34)55-45(35)38/h1-29H. The number of rotatable bonds is 6. The molecule has 7 aromatic carbocycles. The van der Waals surface area contributed by atoms with Crippen LogP contribution in [0.15, 0.2) is 180 Å². The molecule has 4 heterocycles. The molecule has 0 aliphatic carbocycles. The first kappa shape index (κ1) is 32.1. The Bertz CT molecular complexity index is 3190. The van der Waals surface area contributed by atoms with Crippen molar-refractivity contribution < 1.29 is 4.42 Å². The number of aromatic nitrogens is 5. The predicted octanol–water partition coefficient (Wildman–Crippen LogP) is 12.9. The van der Waals surface area contributed by atoms with Gasteiger partial charge in [-0.15, -0.1) is 11.3 Å². The van der Waals surface area contributed by atoms with E-state index in [1.807, 2.05) is 97.1 Å². The Morgan fingerprint density at radius 1 is 0.357 bits per heavy atom. The van der Waals surface area contributed by atoms with Gasteiger partial charge in [0, 0.05) is 58.8 Å². The highest BCUT2D eigenvalue weighted by Gasteiger charge is 2.20. The average Bonchev–Trinajstić information content (AvgIpc) is 3.85. The molecule has 262 valence electrons. The Hall–Kier alpha value is -7.35. The topological polar surface area (TPSA) is 77.6 Å². The first-order chi connectivity index (χ1) is 27.7. The SMILES string of the molecule is c1ccc(-c2cc(-c3ccccc3)nc(-c3cccc4sc5cc(-c6nc(-c7ccccc7)nc(-c7cccc8c7oc7ccccc78)n6)ccc5c34)n2)cc1. The molecule has 0 bridgehead atoms. The molecule has 0 aliphatic rings. The summed E-state index contributed by atoms with van der Waals surface area (Å²) in [6.45, 7) is 0. The molecule has 6 nitrogen and oxygen atoms in total. The molecule has 0 fully saturated rings. The van der Waals surface area contributed by atoms with Gasteiger partial charge in [0.05, 0.1) is 17.0 Å². The van der Waals surface area contributed by atoms with E-state index in [0.29, 0.717) is 23.3 Å². The summed E-state index contributed by atoms with van der Waals surface area (Å²) in [5.41, 5.74) is 9.06. The van der Waals surface area contributed by atoms with Crippen molar-refractivity contribution in [1.82, 2.24) is 24.9 Å². The molecule has 4 aromatic heterocycles. The van der Waals surface area contributed by atoms with Gasteiger partial charge in [-0.3, -0.25) is 0 Å². The maximum Gasteiger partial charge on any atom is 0.167 e. The monoisotopic (exact) mass is 735 g/mol. The third kappa shape index (κ3) is 5.52. The zero-order chi connectivity index (χ0) is 37.0. The fourth-order valence-electron chi connectivity index (χ4n) is 7.50. The van der Waals surface area contributed by atoms with E-state index in [-0.39, 0.29) is 0 Å². The fraction of sp³-hybridized carbons (Fsp3) is 0. The zero-order valence-corrected chi connectivity index (χ0v) is 30.6. The molecule has 0 unspecified atom stereocenters. The largest absolute Gasteiger partial charge is 0.455 e. The van der Waals surface area contributed by atoms with Gasteiger partial charge in [-0.25, -0.2) is 24.9 Å². The van der Waals surface area contributed by atoms with Gasteiger partial charge >= 0.3 is 0 Å². The second-order valence-electron chi connectivity index (χ2n) is 13.6. The van der Waals surface area contributed by atoms with E-state index < -0.39 is 0 Å². The van der Waals surface area contributed by atoms with E-state index in [2.05, 4.69) is 78.9 Å². The fourth-order valence-corrected chi connectivity index (χ4v) is 8.67. The lowest BCUT2D eigenvalue weighted by Gasteiger charge is -2.10. The van der Waals surface area contributed by atoms with Crippen LogP contribution in [-0.4, -0.2) is 24.9 Å². The summed E-state index contributed by atoms with van der Waals surface area (Å²) in [5.74, 6) is 2.44. The van der Waals surface area contributed by atoms with Gasteiger partial charge in [-0.2, -0.15) is 0 Å². The lowest BCUT2D eigenvalue weighted by molar-refractivity contribution is 0.669. The van der Waals surface area contributed by atoms with E-state index >= 15 is 0 Å². The molecule has 11 rings (SSSR count). The van der Waals surface area contributed by atoms with Gasteiger partial charge in [-0.05, 0) is 30.3 Å². The second-order valence-corrected chi connectivity index (χ2v) is 14.7. The second kappa shape index (κ2) is 13.2. The van der Waals surface area contributed by atoms with E-state index in [4.69, 9.17) is 29.3 Å². The molecule has 7 heteroatoms. The molecule has 0 N–H and O–H groups in total. The Morgan fingerprint density at radius 2 is 0.929 bits per heavy atom. The Morgan fingerprint density at radius 3 is 1.66 bits per heavy atom. The number of thiophene rings is 1. The van der Waals surface area contributed by atoms with Gasteiger partial charge in [0.25, 0.3) is 0 Å². The average molecular weight is 736 g/mol. The van der Waals surface area contributed by atoms with Crippen molar-refractivity contribution in [1.29, 1.82) is 0 Å². The quantitative estimate of drug-likeness (QED) is 0.169. The van der Waals surface area contributed by atoms with Crippen LogP contribution >= 0.6 is 11.3 Å². The first-order valence-corrected chi connectivity index (χ1v) is 19.2. The van der Waals surface area contributed by atoms with Crippen LogP contribution in [0.25, 0.3) is 110 Å². The predicted molar refractivity (Wildman–Crippen MR) is 228 cm³/mol.